The lowest BCUT2D eigenvalue weighted by Gasteiger charge is -2.31. The van der Waals surface area contributed by atoms with Crippen molar-refractivity contribution in [2.45, 2.75) is 24.0 Å². The number of piperidine rings is 1. The number of anilines is 2. The van der Waals surface area contributed by atoms with E-state index in [1.54, 1.807) is 29.3 Å². The molecule has 1 aliphatic heterocycles. The molecule has 0 spiro atoms. The molecule has 1 fully saturated rings. The lowest BCUT2D eigenvalue weighted by atomic mass is 9.95. The van der Waals surface area contributed by atoms with Gasteiger partial charge in [0.25, 0.3) is 5.91 Å². The van der Waals surface area contributed by atoms with Gasteiger partial charge in [-0.05, 0) is 49.8 Å². The van der Waals surface area contributed by atoms with Gasteiger partial charge in [-0.25, -0.2) is 9.97 Å². The van der Waals surface area contributed by atoms with Crippen molar-refractivity contribution in [1.82, 2.24) is 14.9 Å². The molecule has 1 saturated heterocycles. The van der Waals surface area contributed by atoms with Crippen molar-refractivity contribution < 1.29 is 9.59 Å². The Kier molecular flexibility index (Phi) is 8.64. The predicted molar refractivity (Wildman–Crippen MR) is 130 cm³/mol. The van der Waals surface area contributed by atoms with Crippen molar-refractivity contribution in [3.05, 3.63) is 66.0 Å². The van der Waals surface area contributed by atoms with Crippen molar-refractivity contribution in [1.29, 1.82) is 0 Å². The van der Waals surface area contributed by atoms with E-state index in [1.165, 1.54) is 4.21 Å². The van der Waals surface area contributed by atoms with Crippen LogP contribution in [-0.2, 0) is 4.79 Å². The van der Waals surface area contributed by atoms with Crippen molar-refractivity contribution in [2.75, 3.05) is 24.7 Å². The first-order valence-corrected chi connectivity index (χ1v) is 12.3. The van der Waals surface area contributed by atoms with Gasteiger partial charge in [0.15, 0.2) is 5.13 Å². The summed E-state index contributed by atoms with van der Waals surface area (Å²) in [6, 6.07) is 13.3. The third kappa shape index (κ3) is 6.54. The molecular weight excluding hydrogens is 442 g/mol. The smallest absolute Gasteiger partial charge is 0.254 e. The van der Waals surface area contributed by atoms with Gasteiger partial charge in [0.2, 0.25) is 5.91 Å². The Morgan fingerprint density at radius 3 is 2.44 bits per heavy atom. The number of thiazole rings is 1. The monoisotopic (exact) mass is 469 g/mol. The topological polar surface area (TPSA) is 101 Å². The molecule has 3 N–H and O–H groups in total. The van der Waals surface area contributed by atoms with Gasteiger partial charge in [-0.2, -0.15) is 0 Å². The van der Waals surface area contributed by atoms with Crippen LogP contribution in [0.1, 0.15) is 28.8 Å². The zero-order chi connectivity index (χ0) is 22.9. The summed E-state index contributed by atoms with van der Waals surface area (Å²) in [4.78, 5) is 33.6. The molecule has 9 heteroatoms. The highest BCUT2D eigenvalue weighted by Crippen LogP contribution is 2.27. The molecule has 0 radical (unpaired) electrons. The molecule has 0 saturated carbocycles. The second-order valence-electron chi connectivity index (χ2n) is 7.31. The van der Waals surface area contributed by atoms with Crippen LogP contribution in [0.15, 0.2) is 59.1 Å². The van der Waals surface area contributed by atoms with E-state index in [1.807, 2.05) is 66.7 Å². The van der Waals surface area contributed by atoms with E-state index in [-0.39, 0.29) is 17.7 Å². The van der Waals surface area contributed by atoms with Crippen LogP contribution < -0.4 is 11.1 Å². The summed E-state index contributed by atoms with van der Waals surface area (Å²) in [5, 5.41) is 4.02. The van der Waals surface area contributed by atoms with Crippen LogP contribution in [0.2, 0.25) is 0 Å². The molecule has 32 heavy (non-hydrogen) atoms. The van der Waals surface area contributed by atoms with Gasteiger partial charge in [-0.15, -0.1) is 11.8 Å². The SMILES string of the molecule is CSc1cnc(Nc2ccccn2)s1.Cc1ccccc1C(=O)N1CCC(C(N)=O)CC1. The van der Waals surface area contributed by atoms with E-state index in [0.29, 0.717) is 25.9 Å². The minimum absolute atomic E-state index is 0.0519. The number of primary amides is 1. The zero-order valence-electron chi connectivity index (χ0n) is 18.2. The standard InChI is InChI=1S/C14H18N2O2.C9H9N3S2/c1-10-4-2-3-5-12(10)14(18)16-8-6-11(7-9-16)13(15)17;1-13-8-6-11-9(14-8)12-7-4-2-3-5-10-7/h2-5,11H,6-9H2,1H3,(H2,15,17);2-6H,1H3,(H,10,11,12). The summed E-state index contributed by atoms with van der Waals surface area (Å²) in [6.45, 7) is 3.16. The average molecular weight is 470 g/mol. The maximum absolute atomic E-state index is 12.3. The summed E-state index contributed by atoms with van der Waals surface area (Å²) >= 11 is 3.32. The molecule has 168 valence electrons. The van der Waals surface area contributed by atoms with Gasteiger partial charge < -0.3 is 16.0 Å². The maximum Gasteiger partial charge on any atom is 0.254 e. The molecule has 7 nitrogen and oxygen atoms in total. The molecule has 0 atom stereocenters. The summed E-state index contributed by atoms with van der Waals surface area (Å²) in [5.41, 5.74) is 7.01. The van der Waals surface area contributed by atoms with E-state index in [2.05, 4.69) is 15.3 Å². The molecule has 3 aromatic rings. The number of thioether (sulfide) groups is 1. The van der Waals surface area contributed by atoms with Crippen molar-refractivity contribution >= 4 is 45.9 Å². The zero-order valence-corrected chi connectivity index (χ0v) is 19.8. The van der Waals surface area contributed by atoms with E-state index in [0.717, 1.165) is 22.1 Å². The number of likely N-dealkylation sites (tertiary alicyclic amines) is 1. The van der Waals surface area contributed by atoms with Crippen LogP contribution in [0.5, 0.6) is 0 Å². The third-order valence-electron chi connectivity index (χ3n) is 5.15. The Morgan fingerprint density at radius 1 is 1.12 bits per heavy atom. The highest BCUT2D eigenvalue weighted by Gasteiger charge is 2.26. The fourth-order valence-corrected chi connectivity index (χ4v) is 4.59. The maximum atomic E-state index is 12.3. The minimum Gasteiger partial charge on any atom is -0.369 e. The molecule has 0 unspecified atom stereocenters. The van der Waals surface area contributed by atoms with E-state index in [9.17, 15) is 9.59 Å². The number of carbonyl (C=O) groups excluding carboxylic acids is 2. The predicted octanol–water partition coefficient (Wildman–Crippen LogP) is 4.34. The number of aryl methyl sites for hydroxylation is 1. The first-order valence-electron chi connectivity index (χ1n) is 10.3. The normalized spacial score (nSPS) is 13.8. The largest absolute Gasteiger partial charge is 0.369 e. The summed E-state index contributed by atoms with van der Waals surface area (Å²) in [6.07, 6.45) is 7.00. The number of amides is 2. The number of carbonyl (C=O) groups is 2. The molecule has 1 aromatic carbocycles. The van der Waals surface area contributed by atoms with Gasteiger partial charge in [-0.3, -0.25) is 9.59 Å². The first kappa shape index (κ1) is 23.7. The van der Waals surface area contributed by atoms with E-state index >= 15 is 0 Å². The average Bonchev–Trinajstić information content (AvgIpc) is 3.28. The van der Waals surface area contributed by atoms with Crippen LogP contribution in [-0.4, -0.2) is 46.0 Å². The second kappa shape index (κ2) is 11.6. The van der Waals surface area contributed by atoms with Crippen molar-refractivity contribution in [3.63, 3.8) is 0 Å². The van der Waals surface area contributed by atoms with Gasteiger partial charge in [0.1, 0.15) is 5.82 Å². The number of pyridine rings is 1. The van der Waals surface area contributed by atoms with Crippen LogP contribution in [0.25, 0.3) is 0 Å². The molecule has 4 rings (SSSR count). The number of nitrogens with zero attached hydrogens (tertiary/aromatic N) is 3. The third-order valence-corrected chi connectivity index (χ3v) is 7.11. The Labute approximate surface area is 196 Å². The fraction of sp³-hybridized carbons (Fsp3) is 0.304. The molecule has 2 amide bonds. The Balaban J connectivity index is 0.000000186. The summed E-state index contributed by atoms with van der Waals surface area (Å²) in [7, 11) is 0. The van der Waals surface area contributed by atoms with Gasteiger partial charge in [0, 0.05) is 30.8 Å². The fourth-order valence-electron chi connectivity index (χ4n) is 3.31. The van der Waals surface area contributed by atoms with Gasteiger partial charge in [0.05, 0.1) is 10.4 Å². The first-order chi connectivity index (χ1) is 15.5. The van der Waals surface area contributed by atoms with E-state index < -0.39 is 0 Å². The number of aromatic nitrogens is 2. The number of hydrogen-bond donors (Lipinski definition) is 2. The van der Waals surface area contributed by atoms with Crippen LogP contribution in [0.4, 0.5) is 10.9 Å². The Bertz CT molecular complexity index is 1030. The van der Waals surface area contributed by atoms with Gasteiger partial charge >= 0.3 is 0 Å². The number of benzene rings is 1. The van der Waals surface area contributed by atoms with Gasteiger partial charge in [-0.1, -0.05) is 35.6 Å². The van der Waals surface area contributed by atoms with Crippen LogP contribution in [0, 0.1) is 12.8 Å². The number of hydrogen-bond acceptors (Lipinski definition) is 7. The lowest BCUT2D eigenvalue weighted by molar-refractivity contribution is -0.123. The summed E-state index contributed by atoms with van der Waals surface area (Å²) in [5.74, 6) is 0.550. The molecule has 0 aliphatic carbocycles. The van der Waals surface area contributed by atoms with Crippen LogP contribution in [0.3, 0.4) is 0 Å². The molecular formula is C23H27N5O2S2. The minimum atomic E-state index is -0.252. The molecule has 0 bridgehead atoms. The lowest BCUT2D eigenvalue weighted by Crippen LogP contribution is -2.41. The van der Waals surface area contributed by atoms with Crippen molar-refractivity contribution in [2.24, 2.45) is 11.7 Å². The molecule has 1 aliphatic rings. The van der Waals surface area contributed by atoms with Crippen molar-refractivity contribution in [3.8, 4) is 0 Å². The quantitative estimate of drug-likeness (QED) is 0.539. The highest BCUT2D eigenvalue weighted by atomic mass is 32.2. The number of rotatable bonds is 5. The van der Waals surface area contributed by atoms with E-state index in [4.69, 9.17) is 5.73 Å². The summed E-state index contributed by atoms with van der Waals surface area (Å²) < 4.78 is 1.20. The number of nitrogens with two attached hydrogens (primary N) is 1. The highest BCUT2D eigenvalue weighted by molar-refractivity contribution is 8.00. The Hall–Kier alpha value is -2.91. The second-order valence-corrected chi connectivity index (χ2v) is 9.45. The van der Waals surface area contributed by atoms with Crippen LogP contribution >= 0.6 is 23.1 Å². The number of nitrogens with one attached hydrogen (secondary N) is 1. The molecule has 2 aromatic heterocycles. The Morgan fingerprint density at radius 2 is 1.84 bits per heavy atom. The molecule has 3 heterocycles.